The molecule has 0 fully saturated rings. The number of nitrogens with zero attached hydrogens (tertiary/aromatic N) is 6. The number of rotatable bonds is 12. The molecule has 0 rings (SSSR count). The van der Waals surface area contributed by atoms with Crippen LogP contribution in [-0.4, -0.2) is 114 Å². The monoisotopic (exact) mass is 606 g/mol. The molecule has 9 nitrogen and oxygen atoms in total. The third kappa shape index (κ3) is 32.7. The molecule has 0 aliphatic heterocycles. The first-order chi connectivity index (χ1) is 19.5. The van der Waals surface area contributed by atoms with Crippen molar-refractivity contribution in [2.24, 2.45) is 0 Å². The molecule has 0 bridgehead atoms. The lowest BCUT2D eigenvalue weighted by molar-refractivity contribution is -0.921. The molecular formula is C27H60B3F3N6O3. The Morgan fingerprint density at radius 1 is 0.381 bits per heavy atom. The lowest BCUT2D eigenvalue weighted by Gasteiger charge is -2.34. The van der Waals surface area contributed by atoms with Crippen LogP contribution in [0.2, 0.25) is 0 Å². The van der Waals surface area contributed by atoms with E-state index < -0.39 is 21.6 Å². The van der Waals surface area contributed by atoms with E-state index in [2.05, 4.69) is 83.1 Å². The van der Waals surface area contributed by atoms with Gasteiger partial charge in [0.25, 0.3) is 0 Å². The van der Waals surface area contributed by atoms with Gasteiger partial charge in [0, 0.05) is 17.9 Å². The molecule has 0 amide bonds. The van der Waals surface area contributed by atoms with Gasteiger partial charge in [-0.2, -0.15) is 0 Å². The van der Waals surface area contributed by atoms with Gasteiger partial charge in [-0.3, -0.25) is 0 Å². The van der Waals surface area contributed by atoms with Gasteiger partial charge in [-0.1, -0.05) is 0 Å². The van der Waals surface area contributed by atoms with Crippen LogP contribution in [0.3, 0.4) is 0 Å². The van der Waals surface area contributed by atoms with Crippen LogP contribution in [0.5, 0.6) is 0 Å². The third-order valence-electron chi connectivity index (χ3n) is 8.35. The quantitative estimate of drug-likeness (QED) is 0.247. The Bertz CT molecular complexity index is 538. The van der Waals surface area contributed by atoms with Gasteiger partial charge in [0.15, 0.2) is 0 Å². The molecule has 0 aromatic carbocycles. The van der Waals surface area contributed by atoms with Crippen molar-refractivity contribution in [1.82, 2.24) is 0 Å². The number of nitriles is 3. The van der Waals surface area contributed by atoms with Crippen LogP contribution in [0.4, 0.5) is 12.9 Å². The first-order valence-corrected chi connectivity index (χ1v) is 15.2. The minimum atomic E-state index is -2.56. The second-order valence-corrected chi connectivity index (χ2v) is 9.16. The maximum absolute atomic E-state index is 10.5. The largest absolute Gasteiger partial charge is 0.840 e. The summed E-state index contributed by atoms with van der Waals surface area (Å²) < 4.78 is 35.4. The maximum atomic E-state index is 10.5. The average Bonchev–Trinajstić information content (AvgIpc) is 3.03. The van der Waals surface area contributed by atoms with Crippen molar-refractivity contribution in [2.45, 2.75) is 83.1 Å². The Balaban J connectivity index is -0.0000000946. The lowest BCUT2D eigenvalue weighted by Crippen LogP contribution is -2.47. The van der Waals surface area contributed by atoms with E-state index in [1.54, 1.807) is 0 Å². The van der Waals surface area contributed by atoms with Crippen molar-refractivity contribution in [2.75, 3.05) is 78.5 Å². The van der Waals surface area contributed by atoms with Crippen molar-refractivity contribution >= 4 is 21.6 Å². The van der Waals surface area contributed by atoms with Crippen LogP contribution in [0.15, 0.2) is 0 Å². The summed E-state index contributed by atoms with van der Waals surface area (Å²) in [5, 5.41) is 48.2. The van der Waals surface area contributed by atoms with Crippen LogP contribution in [0, 0.1) is 33.7 Å². The molecular weight excluding hydrogens is 546 g/mol. The molecule has 0 radical (unpaired) electrons. The fourth-order valence-corrected chi connectivity index (χ4v) is 4.02. The SMILES string of the molecule is CC[N+](CC)(CC)CC.CC[N+](CC)(CC)CC.CC[N+](CC)(CC)CC.N#CB([O-])F.N#CB([O-])F.N#CB([O-])F. The summed E-state index contributed by atoms with van der Waals surface area (Å²) in [7, 11) is -7.68. The van der Waals surface area contributed by atoms with Gasteiger partial charge < -0.3 is 41.5 Å². The van der Waals surface area contributed by atoms with Crippen LogP contribution in [0.25, 0.3) is 0 Å². The summed E-state index contributed by atoms with van der Waals surface area (Å²) in [5.74, 6) is 2.42. The van der Waals surface area contributed by atoms with Crippen molar-refractivity contribution in [3.8, 4) is 17.9 Å². The molecule has 246 valence electrons. The van der Waals surface area contributed by atoms with Crippen LogP contribution < -0.4 is 15.1 Å². The second kappa shape index (κ2) is 35.4. The molecule has 42 heavy (non-hydrogen) atoms. The Hall–Kier alpha value is -1.79. The fourth-order valence-electron chi connectivity index (χ4n) is 4.02. The molecule has 0 N–H and O–H groups in total. The number of quaternary nitrogens is 3. The van der Waals surface area contributed by atoms with E-state index in [0.717, 1.165) is 17.9 Å². The number of halogens is 3. The Kier molecular flexibility index (Phi) is 44.5. The Labute approximate surface area is 258 Å². The lowest BCUT2D eigenvalue weighted by atomic mass is 10.0. The highest BCUT2D eigenvalue weighted by molar-refractivity contribution is 6.49. The summed E-state index contributed by atoms with van der Waals surface area (Å²) in [6, 6.07) is 0. The zero-order valence-electron chi connectivity index (χ0n) is 28.8. The van der Waals surface area contributed by atoms with Gasteiger partial charge in [-0.25, -0.2) is 15.8 Å². The highest BCUT2D eigenvalue weighted by Gasteiger charge is 2.17. The Morgan fingerprint density at radius 3 is 0.452 bits per heavy atom. The summed E-state index contributed by atoms with van der Waals surface area (Å²) >= 11 is 0. The number of hydrogen-bond donors (Lipinski definition) is 0. The van der Waals surface area contributed by atoms with E-state index in [0.29, 0.717) is 0 Å². The second-order valence-electron chi connectivity index (χ2n) is 9.16. The van der Waals surface area contributed by atoms with E-state index in [4.69, 9.17) is 30.9 Å². The first kappa shape index (κ1) is 52.8. The van der Waals surface area contributed by atoms with Crippen molar-refractivity contribution < 1.29 is 41.5 Å². The molecule has 0 spiro atoms. The predicted molar refractivity (Wildman–Crippen MR) is 165 cm³/mol. The fraction of sp³-hybridized carbons (Fsp3) is 0.889. The highest BCUT2D eigenvalue weighted by Crippen LogP contribution is 2.04. The van der Waals surface area contributed by atoms with E-state index in [9.17, 15) is 12.9 Å². The van der Waals surface area contributed by atoms with Crippen molar-refractivity contribution in [3.05, 3.63) is 0 Å². The highest BCUT2D eigenvalue weighted by atomic mass is 19.1. The Morgan fingerprint density at radius 2 is 0.452 bits per heavy atom. The van der Waals surface area contributed by atoms with Crippen LogP contribution in [-0.2, 0) is 0 Å². The van der Waals surface area contributed by atoms with E-state index in [1.165, 1.54) is 92.0 Å². The third-order valence-corrected chi connectivity index (χ3v) is 8.35. The molecule has 0 aliphatic rings. The molecule has 0 aliphatic carbocycles. The summed E-state index contributed by atoms with van der Waals surface area (Å²) in [4.78, 5) is 0. The molecule has 0 atom stereocenters. The average molecular weight is 606 g/mol. The standard InChI is InChI=1S/3C8H20N.3CBFNO/c3*1-5-9(6-2,7-3)8-4;3*3-2(5)1-4/h3*5-8H2,1-4H3;;;/q3*+1;3*-1. The van der Waals surface area contributed by atoms with Gasteiger partial charge in [0.1, 0.15) is 0 Å². The minimum Gasteiger partial charge on any atom is -0.840 e. The normalized spacial score (nSPS) is 9.79. The van der Waals surface area contributed by atoms with E-state index >= 15 is 0 Å². The molecule has 0 unspecified atom stereocenters. The summed E-state index contributed by atoms with van der Waals surface area (Å²) in [5.41, 5.74) is 0. The maximum Gasteiger partial charge on any atom is 0.365 e. The van der Waals surface area contributed by atoms with E-state index in [-0.39, 0.29) is 0 Å². The zero-order chi connectivity index (χ0) is 34.8. The smallest absolute Gasteiger partial charge is 0.365 e. The van der Waals surface area contributed by atoms with Crippen molar-refractivity contribution in [3.63, 3.8) is 0 Å². The zero-order valence-corrected chi connectivity index (χ0v) is 28.8. The molecule has 15 heteroatoms. The van der Waals surface area contributed by atoms with Gasteiger partial charge in [0.2, 0.25) is 0 Å². The predicted octanol–water partition coefficient (Wildman–Crippen LogP) is 2.25. The number of hydrogen-bond acceptors (Lipinski definition) is 6. The summed E-state index contributed by atoms with van der Waals surface area (Å²) in [6.07, 6.45) is 0. The molecule has 0 saturated carbocycles. The molecule has 0 heterocycles. The molecule has 0 aromatic heterocycles. The van der Waals surface area contributed by atoms with Gasteiger partial charge in [-0.15, -0.1) is 0 Å². The topological polar surface area (TPSA) is 141 Å². The van der Waals surface area contributed by atoms with Gasteiger partial charge >= 0.3 is 21.6 Å². The van der Waals surface area contributed by atoms with Crippen molar-refractivity contribution in [1.29, 1.82) is 15.8 Å². The minimum absolute atomic E-state index is 0.806. The van der Waals surface area contributed by atoms with Gasteiger partial charge in [-0.05, 0) is 83.1 Å². The van der Waals surface area contributed by atoms with E-state index in [1.807, 2.05) is 0 Å². The molecule has 0 aromatic rings. The van der Waals surface area contributed by atoms with Crippen LogP contribution >= 0.6 is 0 Å². The van der Waals surface area contributed by atoms with Crippen LogP contribution in [0.1, 0.15) is 83.1 Å². The summed E-state index contributed by atoms with van der Waals surface area (Å²) in [6.45, 7) is 42.7. The first-order valence-electron chi connectivity index (χ1n) is 15.2. The molecule has 0 saturated heterocycles. The van der Waals surface area contributed by atoms with Gasteiger partial charge in [0.05, 0.1) is 78.5 Å².